The molecule has 1 aromatic heterocycles. The SMILES string of the molecule is O=C(NCCC(=O)N1CCCC1)c1cc(C2CC2)nn1-c1ccccc1. The first-order valence-corrected chi connectivity index (χ1v) is 9.44. The smallest absolute Gasteiger partial charge is 0.270 e. The van der Waals surface area contributed by atoms with Gasteiger partial charge in [-0.2, -0.15) is 5.10 Å². The minimum atomic E-state index is -0.178. The van der Waals surface area contributed by atoms with E-state index in [1.54, 1.807) is 4.68 Å². The maximum atomic E-state index is 12.7. The van der Waals surface area contributed by atoms with Crippen LogP contribution in [0, 0.1) is 0 Å². The molecule has 2 aliphatic rings. The Morgan fingerprint density at radius 3 is 2.54 bits per heavy atom. The highest BCUT2D eigenvalue weighted by Gasteiger charge is 2.29. The van der Waals surface area contributed by atoms with E-state index in [-0.39, 0.29) is 11.8 Å². The van der Waals surface area contributed by atoms with Crippen molar-refractivity contribution in [2.45, 2.75) is 38.0 Å². The summed E-state index contributed by atoms with van der Waals surface area (Å²) in [6, 6.07) is 11.6. The van der Waals surface area contributed by atoms with Gasteiger partial charge in [0.15, 0.2) is 0 Å². The Kier molecular flexibility index (Phi) is 4.73. The molecule has 0 unspecified atom stereocenters. The zero-order valence-electron chi connectivity index (χ0n) is 14.9. The van der Waals surface area contributed by atoms with Gasteiger partial charge in [0.1, 0.15) is 5.69 Å². The Labute approximate surface area is 153 Å². The van der Waals surface area contributed by atoms with Gasteiger partial charge in [0.2, 0.25) is 5.91 Å². The zero-order valence-corrected chi connectivity index (χ0v) is 14.9. The first kappa shape index (κ1) is 16.8. The second kappa shape index (κ2) is 7.32. The molecule has 1 aromatic carbocycles. The number of rotatable bonds is 6. The maximum absolute atomic E-state index is 12.7. The Balaban J connectivity index is 1.44. The first-order valence-electron chi connectivity index (χ1n) is 9.44. The molecule has 2 aromatic rings. The van der Waals surface area contributed by atoms with E-state index in [0.29, 0.717) is 24.6 Å². The number of nitrogens with one attached hydrogen (secondary N) is 1. The van der Waals surface area contributed by atoms with Gasteiger partial charge in [-0.25, -0.2) is 4.68 Å². The summed E-state index contributed by atoms with van der Waals surface area (Å²) in [6.07, 6.45) is 4.78. The van der Waals surface area contributed by atoms with Crippen LogP contribution in [0.5, 0.6) is 0 Å². The molecule has 0 spiro atoms. The number of para-hydroxylation sites is 1. The van der Waals surface area contributed by atoms with Crippen LogP contribution in [0.4, 0.5) is 0 Å². The van der Waals surface area contributed by atoms with Gasteiger partial charge in [0.05, 0.1) is 11.4 Å². The van der Waals surface area contributed by atoms with Gasteiger partial charge in [-0.3, -0.25) is 9.59 Å². The Bertz CT molecular complexity index is 789. The zero-order chi connectivity index (χ0) is 17.9. The number of hydrogen-bond donors (Lipinski definition) is 1. The van der Waals surface area contributed by atoms with Crippen molar-refractivity contribution in [3.05, 3.63) is 47.8 Å². The van der Waals surface area contributed by atoms with Gasteiger partial charge in [0, 0.05) is 32.0 Å². The highest BCUT2D eigenvalue weighted by molar-refractivity contribution is 5.93. The van der Waals surface area contributed by atoms with Crippen LogP contribution < -0.4 is 5.32 Å². The molecule has 1 aliphatic carbocycles. The summed E-state index contributed by atoms with van der Waals surface area (Å²) >= 11 is 0. The number of carbonyl (C=O) groups is 2. The first-order chi connectivity index (χ1) is 12.7. The van der Waals surface area contributed by atoms with Crippen molar-refractivity contribution in [3.63, 3.8) is 0 Å². The van der Waals surface area contributed by atoms with Crippen LogP contribution in [0.15, 0.2) is 36.4 Å². The third kappa shape index (κ3) is 3.64. The van der Waals surface area contributed by atoms with Crippen LogP contribution in [0.2, 0.25) is 0 Å². The largest absolute Gasteiger partial charge is 0.350 e. The maximum Gasteiger partial charge on any atom is 0.270 e. The van der Waals surface area contributed by atoms with E-state index in [4.69, 9.17) is 0 Å². The number of benzene rings is 1. The molecule has 1 N–H and O–H groups in total. The topological polar surface area (TPSA) is 67.2 Å². The van der Waals surface area contributed by atoms with Crippen molar-refractivity contribution < 1.29 is 9.59 Å². The van der Waals surface area contributed by atoms with Crippen molar-refractivity contribution >= 4 is 11.8 Å². The van der Waals surface area contributed by atoms with E-state index < -0.39 is 0 Å². The van der Waals surface area contributed by atoms with Gasteiger partial charge < -0.3 is 10.2 Å². The average molecular weight is 352 g/mol. The second-order valence-electron chi connectivity index (χ2n) is 7.07. The van der Waals surface area contributed by atoms with Crippen molar-refractivity contribution in [2.75, 3.05) is 19.6 Å². The lowest BCUT2D eigenvalue weighted by Gasteiger charge is -2.15. The standard InChI is InChI=1S/C20H24N4O2/c25-19(23-12-4-5-13-23)10-11-21-20(26)18-14-17(15-8-9-15)22-24(18)16-6-2-1-3-7-16/h1-3,6-7,14-15H,4-5,8-13H2,(H,21,26). The Hall–Kier alpha value is -2.63. The highest BCUT2D eigenvalue weighted by Crippen LogP contribution is 2.39. The summed E-state index contributed by atoms with van der Waals surface area (Å²) in [5, 5.41) is 7.54. The van der Waals surface area contributed by atoms with Crippen molar-refractivity contribution in [2.24, 2.45) is 0 Å². The minimum absolute atomic E-state index is 0.123. The van der Waals surface area contributed by atoms with Crippen LogP contribution in [0.25, 0.3) is 5.69 Å². The number of carbonyl (C=O) groups excluding carboxylic acids is 2. The molecule has 2 fully saturated rings. The van der Waals surface area contributed by atoms with Crippen LogP contribution in [0.3, 0.4) is 0 Å². The number of likely N-dealkylation sites (tertiary alicyclic amines) is 1. The van der Waals surface area contributed by atoms with Gasteiger partial charge in [-0.05, 0) is 43.9 Å². The molecule has 6 heteroatoms. The summed E-state index contributed by atoms with van der Waals surface area (Å²) in [5.41, 5.74) is 2.39. The molecular formula is C20H24N4O2. The number of hydrogen-bond acceptors (Lipinski definition) is 3. The lowest BCUT2D eigenvalue weighted by atomic mass is 10.2. The highest BCUT2D eigenvalue weighted by atomic mass is 16.2. The third-order valence-corrected chi connectivity index (χ3v) is 5.04. The van der Waals surface area contributed by atoms with Gasteiger partial charge in [-0.15, -0.1) is 0 Å². The summed E-state index contributed by atoms with van der Waals surface area (Å²) < 4.78 is 1.71. The second-order valence-corrected chi connectivity index (χ2v) is 7.07. The van der Waals surface area contributed by atoms with E-state index >= 15 is 0 Å². The molecular weight excluding hydrogens is 328 g/mol. The predicted molar refractivity (Wildman–Crippen MR) is 98.3 cm³/mol. The molecule has 136 valence electrons. The number of nitrogens with zero attached hydrogens (tertiary/aromatic N) is 3. The van der Waals surface area contributed by atoms with E-state index in [1.165, 1.54) is 0 Å². The van der Waals surface area contributed by atoms with Gasteiger partial charge in [0.25, 0.3) is 5.91 Å². The van der Waals surface area contributed by atoms with Crippen molar-refractivity contribution in [3.8, 4) is 5.69 Å². The minimum Gasteiger partial charge on any atom is -0.350 e. The number of amides is 2. The molecule has 4 rings (SSSR count). The molecule has 1 saturated carbocycles. The van der Waals surface area contributed by atoms with Gasteiger partial charge in [-0.1, -0.05) is 18.2 Å². The number of aromatic nitrogens is 2. The molecule has 26 heavy (non-hydrogen) atoms. The lowest BCUT2D eigenvalue weighted by molar-refractivity contribution is -0.129. The summed E-state index contributed by atoms with van der Waals surface area (Å²) in [7, 11) is 0. The molecule has 0 atom stereocenters. The normalized spacial score (nSPS) is 16.7. The summed E-state index contributed by atoms with van der Waals surface area (Å²) in [6.45, 7) is 2.05. The fourth-order valence-corrected chi connectivity index (χ4v) is 3.40. The van der Waals surface area contributed by atoms with E-state index in [2.05, 4.69) is 10.4 Å². The molecule has 2 amide bonds. The summed E-state index contributed by atoms with van der Waals surface area (Å²) in [4.78, 5) is 26.7. The van der Waals surface area contributed by atoms with Crippen LogP contribution in [-0.4, -0.2) is 46.1 Å². The van der Waals surface area contributed by atoms with Crippen LogP contribution in [-0.2, 0) is 4.79 Å². The Morgan fingerprint density at radius 2 is 1.85 bits per heavy atom. The molecule has 0 radical (unpaired) electrons. The molecule has 1 saturated heterocycles. The van der Waals surface area contributed by atoms with Gasteiger partial charge >= 0.3 is 0 Å². The third-order valence-electron chi connectivity index (χ3n) is 5.04. The molecule has 6 nitrogen and oxygen atoms in total. The average Bonchev–Trinajstić information content (AvgIpc) is 3.20. The van der Waals surface area contributed by atoms with E-state index in [0.717, 1.165) is 50.2 Å². The fraction of sp³-hybridized carbons (Fsp3) is 0.450. The van der Waals surface area contributed by atoms with Crippen molar-refractivity contribution in [1.29, 1.82) is 0 Å². The fourth-order valence-electron chi connectivity index (χ4n) is 3.40. The van der Waals surface area contributed by atoms with E-state index in [9.17, 15) is 9.59 Å². The monoisotopic (exact) mass is 352 g/mol. The summed E-state index contributed by atoms with van der Waals surface area (Å²) in [5.74, 6) is 0.420. The predicted octanol–water partition coefficient (Wildman–Crippen LogP) is 2.49. The molecule has 1 aliphatic heterocycles. The van der Waals surface area contributed by atoms with Crippen molar-refractivity contribution in [1.82, 2.24) is 20.0 Å². The quantitative estimate of drug-likeness (QED) is 0.868. The molecule has 2 heterocycles. The lowest BCUT2D eigenvalue weighted by Crippen LogP contribution is -2.33. The molecule has 0 bridgehead atoms. The Morgan fingerprint density at radius 1 is 1.12 bits per heavy atom. The van der Waals surface area contributed by atoms with E-state index in [1.807, 2.05) is 41.3 Å². The van der Waals surface area contributed by atoms with Crippen LogP contribution >= 0.6 is 0 Å². The van der Waals surface area contributed by atoms with Crippen LogP contribution in [0.1, 0.15) is 54.2 Å².